The maximum Gasteiger partial charge on any atom is 0.306 e. The summed E-state index contributed by atoms with van der Waals surface area (Å²) in [6.45, 7) is 0. The fourth-order valence-electron chi connectivity index (χ4n) is 4.12. The predicted octanol–water partition coefficient (Wildman–Crippen LogP) is 2.87. The molecule has 0 bridgehead atoms. The van der Waals surface area contributed by atoms with Crippen LogP contribution in [0.1, 0.15) is 35.8 Å². The molecule has 0 spiro atoms. The van der Waals surface area contributed by atoms with E-state index in [1.807, 2.05) is 0 Å². The van der Waals surface area contributed by atoms with Crippen molar-refractivity contribution in [1.29, 1.82) is 0 Å². The number of hydrogen-bond acceptors (Lipinski definition) is 10. The Kier molecular flexibility index (Phi) is 7.78. The van der Waals surface area contributed by atoms with Crippen molar-refractivity contribution in [2.75, 3.05) is 14.2 Å². The molecule has 188 valence electrons. The molecule has 0 heterocycles. The van der Waals surface area contributed by atoms with Gasteiger partial charge in [-0.25, -0.2) is 0 Å². The lowest BCUT2D eigenvalue weighted by Gasteiger charge is -2.27. The number of benzene rings is 2. The van der Waals surface area contributed by atoms with E-state index < -0.39 is 70.8 Å². The first-order chi connectivity index (χ1) is 17.1. The molecule has 0 amide bonds. The quantitative estimate of drug-likeness (QED) is 0.315. The van der Waals surface area contributed by atoms with Gasteiger partial charge in [-0.1, -0.05) is 24.3 Å². The van der Waals surface area contributed by atoms with Crippen LogP contribution in [0.15, 0.2) is 71.2 Å². The molecule has 2 atom stereocenters. The van der Waals surface area contributed by atoms with Gasteiger partial charge in [0.05, 0.1) is 38.2 Å². The van der Waals surface area contributed by atoms with Crippen LogP contribution in [0.25, 0.3) is 0 Å². The van der Waals surface area contributed by atoms with Crippen LogP contribution < -0.4 is 0 Å². The predicted molar refractivity (Wildman–Crippen MR) is 124 cm³/mol. The summed E-state index contributed by atoms with van der Waals surface area (Å²) in [5, 5.41) is 41.6. The van der Waals surface area contributed by atoms with E-state index in [1.54, 1.807) is 0 Å². The molecule has 0 saturated carbocycles. The number of methoxy groups -OCH3 is 2. The monoisotopic (exact) mass is 496 g/mol. The summed E-state index contributed by atoms with van der Waals surface area (Å²) in [5.41, 5.74) is -0.716. The maximum atomic E-state index is 13.4. The first kappa shape index (κ1) is 26.0. The lowest BCUT2D eigenvalue weighted by Crippen LogP contribution is -2.31. The molecule has 0 radical (unpaired) electrons. The zero-order valence-electron chi connectivity index (χ0n) is 19.4. The van der Waals surface area contributed by atoms with Crippen LogP contribution in [0.2, 0.25) is 0 Å². The second-order valence-electron chi connectivity index (χ2n) is 8.04. The van der Waals surface area contributed by atoms with Gasteiger partial charge in [-0.2, -0.15) is 0 Å². The Morgan fingerprint density at radius 3 is 1.36 bits per heavy atom. The van der Waals surface area contributed by atoms with Gasteiger partial charge in [-0.15, -0.1) is 0 Å². The number of Topliss-reactive ketones (excluding diaryl/α,β-unsaturated/α-hetero) is 2. The molecule has 10 nitrogen and oxygen atoms in total. The molecule has 36 heavy (non-hydrogen) atoms. The molecule has 2 aromatic carbocycles. The Morgan fingerprint density at radius 2 is 1.06 bits per heavy atom. The number of hydrogen-bond donors (Lipinski definition) is 4. The van der Waals surface area contributed by atoms with Crippen molar-refractivity contribution >= 4 is 23.5 Å². The number of ketones is 2. The van der Waals surface area contributed by atoms with E-state index in [1.165, 1.54) is 48.5 Å². The molecule has 0 saturated heterocycles. The molecular formula is C26H24O10. The van der Waals surface area contributed by atoms with Crippen molar-refractivity contribution in [2.45, 2.75) is 24.7 Å². The van der Waals surface area contributed by atoms with Gasteiger partial charge < -0.3 is 29.9 Å². The highest BCUT2D eigenvalue weighted by molar-refractivity contribution is 6.24. The largest absolute Gasteiger partial charge is 0.508 e. The minimum absolute atomic E-state index is 0.195. The van der Waals surface area contributed by atoms with Gasteiger partial charge in [0.25, 0.3) is 0 Å². The van der Waals surface area contributed by atoms with Gasteiger partial charge in [0.2, 0.25) is 11.6 Å². The minimum atomic E-state index is -1.25. The Hall–Kier alpha value is -4.60. The molecular weight excluding hydrogens is 472 g/mol. The third-order valence-electron chi connectivity index (χ3n) is 5.87. The van der Waals surface area contributed by atoms with Gasteiger partial charge in [0, 0.05) is 11.8 Å². The third kappa shape index (κ3) is 5.22. The number of aliphatic hydroxyl groups excluding tert-OH is 2. The second kappa shape index (κ2) is 10.8. The number of carbonyl (C=O) groups is 4. The average molecular weight is 496 g/mol. The van der Waals surface area contributed by atoms with Crippen molar-refractivity contribution < 1.29 is 49.1 Å². The van der Waals surface area contributed by atoms with E-state index in [0.717, 1.165) is 14.2 Å². The van der Waals surface area contributed by atoms with Crippen LogP contribution in [-0.4, -0.2) is 58.2 Å². The Balaban J connectivity index is 2.16. The molecule has 3 rings (SSSR count). The first-order valence-corrected chi connectivity index (χ1v) is 10.8. The zero-order valence-corrected chi connectivity index (χ0v) is 19.4. The molecule has 10 heteroatoms. The van der Waals surface area contributed by atoms with E-state index in [9.17, 15) is 39.6 Å². The Morgan fingerprint density at radius 1 is 0.694 bits per heavy atom. The summed E-state index contributed by atoms with van der Waals surface area (Å²) < 4.78 is 9.36. The van der Waals surface area contributed by atoms with Gasteiger partial charge in [-0.05, 0) is 35.4 Å². The fraction of sp³-hybridized carbons (Fsp3) is 0.231. The summed E-state index contributed by atoms with van der Waals surface area (Å²) in [6, 6.07) is 11.0. The second-order valence-corrected chi connectivity index (χ2v) is 8.04. The normalized spacial score (nSPS) is 15.5. The van der Waals surface area contributed by atoms with Gasteiger partial charge in [0.15, 0.2) is 11.5 Å². The van der Waals surface area contributed by atoms with Crippen molar-refractivity contribution in [3.8, 4) is 11.5 Å². The molecule has 2 aromatic rings. The van der Waals surface area contributed by atoms with Gasteiger partial charge in [0.1, 0.15) is 11.5 Å². The van der Waals surface area contributed by atoms with Crippen molar-refractivity contribution in [2.24, 2.45) is 0 Å². The summed E-state index contributed by atoms with van der Waals surface area (Å²) in [5.74, 6) is -8.78. The van der Waals surface area contributed by atoms with Crippen molar-refractivity contribution in [1.82, 2.24) is 0 Å². The molecule has 0 fully saturated rings. The van der Waals surface area contributed by atoms with Gasteiger partial charge >= 0.3 is 11.9 Å². The van der Waals surface area contributed by atoms with E-state index in [2.05, 4.69) is 9.47 Å². The lowest BCUT2D eigenvalue weighted by molar-refractivity contribution is -0.142. The number of rotatable bonds is 8. The Labute approximate surface area is 205 Å². The van der Waals surface area contributed by atoms with Crippen LogP contribution in [0.4, 0.5) is 0 Å². The first-order valence-electron chi connectivity index (χ1n) is 10.8. The number of ether oxygens (including phenoxy) is 2. The average Bonchev–Trinajstić information content (AvgIpc) is 2.86. The lowest BCUT2D eigenvalue weighted by atomic mass is 9.76. The molecule has 2 unspecified atom stereocenters. The van der Waals surface area contributed by atoms with Crippen molar-refractivity contribution in [3.05, 3.63) is 82.3 Å². The van der Waals surface area contributed by atoms with Crippen LogP contribution in [-0.2, 0) is 28.7 Å². The summed E-state index contributed by atoms with van der Waals surface area (Å²) >= 11 is 0. The number of allylic oxidation sites excluding steroid dienone is 2. The molecule has 0 aromatic heterocycles. The number of aromatic hydroxyl groups is 2. The summed E-state index contributed by atoms with van der Waals surface area (Å²) in [7, 11) is 2.23. The van der Waals surface area contributed by atoms with E-state index in [4.69, 9.17) is 0 Å². The third-order valence-corrected chi connectivity index (χ3v) is 5.87. The number of carbonyl (C=O) groups excluding carboxylic acids is 4. The molecule has 1 aliphatic rings. The minimum Gasteiger partial charge on any atom is -0.508 e. The zero-order chi connectivity index (χ0) is 26.6. The van der Waals surface area contributed by atoms with Crippen LogP contribution >= 0.6 is 0 Å². The van der Waals surface area contributed by atoms with E-state index in [0.29, 0.717) is 0 Å². The highest BCUT2D eigenvalue weighted by Gasteiger charge is 2.43. The summed E-state index contributed by atoms with van der Waals surface area (Å²) in [4.78, 5) is 50.9. The highest BCUT2D eigenvalue weighted by atomic mass is 16.5. The standard InChI is InChI=1S/C26H24O10/c1-35-19(29)11-17(13-5-3-7-15(27)9-13)21-23(31)25(33)22(26(34)24(21)32)18(12-20(30)36-2)14-6-4-8-16(28)10-14/h3-10,17-18,27-28,31,34H,11-12H2,1-2H3. The van der Waals surface area contributed by atoms with Gasteiger partial charge in [-0.3, -0.25) is 19.2 Å². The molecule has 0 aliphatic heterocycles. The topological polar surface area (TPSA) is 168 Å². The summed E-state index contributed by atoms with van der Waals surface area (Å²) in [6.07, 6.45) is -0.974. The van der Waals surface area contributed by atoms with E-state index in [-0.39, 0.29) is 22.6 Å². The maximum absolute atomic E-state index is 13.4. The number of phenolic OH excluding ortho intramolecular Hbond substituents is 2. The van der Waals surface area contributed by atoms with Crippen LogP contribution in [0.5, 0.6) is 11.5 Å². The molecule has 1 aliphatic carbocycles. The molecule has 4 N–H and O–H groups in total. The van der Waals surface area contributed by atoms with Crippen LogP contribution in [0, 0.1) is 0 Å². The fourth-order valence-corrected chi connectivity index (χ4v) is 4.12. The highest BCUT2D eigenvalue weighted by Crippen LogP contribution is 2.41. The number of phenols is 2. The number of esters is 2. The smallest absolute Gasteiger partial charge is 0.306 e. The van der Waals surface area contributed by atoms with Crippen molar-refractivity contribution in [3.63, 3.8) is 0 Å². The number of aliphatic hydroxyl groups is 2. The SMILES string of the molecule is COC(=O)CC(C1=C(O)C(=O)C(C(CC(=O)OC)c2cccc(O)c2)=C(O)C1=O)c1cccc(O)c1. The van der Waals surface area contributed by atoms with E-state index >= 15 is 0 Å². The van der Waals surface area contributed by atoms with Crippen LogP contribution in [0.3, 0.4) is 0 Å². The Bertz CT molecular complexity index is 1190.